The number of carbonyl (C=O) groups excluding carboxylic acids is 1. The van der Waals surface area contributed by atoms with Gasteiger partial charge in [-0.2, -0.15) is 5.10 Å². The lowest BCUT2D eigenvalue weighted by Gasteiger charge is -2.22. The van der Waals surface area contributed by atoms with E-state index < -0.39 is 0 Å². The Bertz CT molecular complexity index is 1320. The van der Waals surface area contributed by atoms with Crippen molar-refractivity contribution in [2.24, 2.45) is 0 Å². The first-order valence-electron chi connectivity index (χ1n) is 10.4. The highest BCUT2D eigenvalue weighted by Gasteiger charge is 2.21. The number of rotatable bonds is 6. The SMILES string of the molecule is COC(=O)c1ccc(NCc2nc(N3C=Cc4ncnn4C3)c(-c3cccc(C)n3)[nH]2)cc1. The first-order valence-corrected chi connectivity index (χ1v) is 10.4. The maximum absolute atomic E-state index is 11.6. The molecule has 4 aromatic rings. The maximum Gasteiger partial charge on any atom is 0.337 e. The molecular weight excluding hydrogens is 420 g/mol. The molecule has 1 aliphatic heterocycles. The number of anilines is 2. The van der Waals surface area contributed by atoms with Gasteiger partial charge in [-0.15, -0.1) is 0 Å². The molecule has 3 aromatic heterocycles. The molecule has 0 aliphatic carbocycles. The van der Waals surface area contributed by atoms with Gasteiger partial charge < -0.3 is 19.9 Å². The van der Waals surface area contributed by atoms with Crippen LogP contribution in [-0.4, -0.2) is 42.8 Å². The van der Waals surface area contributed by atoms with Crippen LogP contribution in [0.2, 0.25) is 0 Å². The van der Waals surface area contributed by atoms with Gasteiger partial charge in [0.2, 0.25) is 0 Å². The lowest BCUT2D eigenvalue weighted by Crippen LogP contribution is -2.26. The summed E-state index contributed by atoms with van der Waals surface area (Å²) in [5, 5.41) is 7.60. The maximum atomic E-state index is 11.6. The molecule has 0 fully saturated rings. The van der Waals surface area contributed by atoms with Crippen molar-refractivity contribution in [2.45, 2.75) is 20.1 Å². The average molecular weight is 442 g/mol. The van der Waals surface area contributed by atoms with Crippen LogP contribution in [0.25, 0.3) is 17.5 Å². The molecule has 4 heterocycles. The van der Waals surface area contributed by atoms with Crippen LogP contribution in [-0.2, 0) is 18.0 Å². The first-order chi connectivity index (χ1) is 16.1. The third kappa shape index (κ3) is 4.18. The van der Waals surface area contributed by atoms with Gasteiger partial charge in [-0.05, 0) is 49.4 Å². The van der Waals surface area contributed by atoms with Crippen molar-refractivity contribution in [3.63, 3.8) is 0 Å². The van der Waals surface area contributed by atoms with Crippen LogP contribution in [0.4, 0.5) is 11.5 Å². The topological polar surface area (TPSA) is 114 Å². The van der Waals surface area contributed by atoms with Crippen molar-refractivity contribution < 1.29 is 9.53 Å². The quantitative estimate of drug-likeness (QED) is 0.438. The lowest BCUT2D eigenvalue weighted by molar-refractivity contribution is 0.0601. The molecule has 1 aliphatic rings. The number of aromatic amines is 1. The third-order valence-corrected chi connectivity index (χ3v) is 5.25. The number of hydrogen-bond acceptors (Lipinski definition) is 8. The number of carbonyl (C=O) groups is 1. The van der Waals surface area contributed by atoms with E-state index in [2.05, 4.69) is 25.4 Å². The van der Waals surface area contributed by atoms with Crippen LogP contribution in [0.5, 0.6) is 0 Å². The number of H-pyrrole nitrogens is 1. The second-order valence-electron chi connectivity index (χ2n) is 7.51. The number of hydrogen-bond donors (Lipinski definition) is 2. The summed E-state index contributed by atoms with van der Waals surface area (Å²) >= 11 is 0. The highest BCUT2D eigenvalue weighted by atomic mass is 16.5. The number of aromatic nitrogens is 6. The van der Waals surface area contributed by atoms with Crippen molar-refractivity contribution in [1.82, 2.24) is 29.7 Å². The van der Waals surface area contributed by atoms with E-state index in [-0.39, 0.29) is 5.97 Å². The van der Waals surface area contributed by atoms with Gasteiger partial charge in [0.1, 0.15) is 24.5 Å². The Kier molecular flexibility index (Phi) is 5.31. The predicted molar refractivity (Wildman–Crippen MR) is 123 cm³/mol. The summed E-state index contributed by atoms with van der Waals surface area (Å²) in [6, 6.07) is 13.0. The number of nitrogens with zero attached hydrogens (tertiary/aromatic N) is 6. The Labute approximate surface area is 190 Å². The Hall–Kier alpha value is -4.47. The highest BCUT2D eigenvalue weighted by molar-refractivity contribution is 5.89. The van der Waals surface area contributed by atoms with E-state index in [0.717, 1.165) is 40.2 Å². The number of esters is 1. The van der Waals surface area contributed by atoms with Crippen molar-refractivity contribution in [2.75, 3.05) is 17.3 Å². The smallest absolute Gasteiger partial charge is 0.337 e. The molecule has 33 heavy (non-hydrogen) atoms. The van der Waals surface area contributed by atoms with E-state index in [1.165, 1.54) is 13.4 Å². The summed E-state index contributed by atoms with van der Waals surface area (Å²) in [6.45, 7) is 2.92. The van der Waals surface area contributed by atoms with Crippen LogP contribution in [0.3, 0.4) is 0 Å². The van der Waals surface area contributed by atoms with E-state index in [1.54, 1.807) is 12.1 Å². The molecule has 5 rings (SSSR count). The summed E-state index contributed by atoms with van der Waals surface area (Å²) in [5.74, 6) is 1.94. The van der Waals surface area contributed by atoms with Crippen LogP contribution in [0.1, 0.15) is 27.7 Å². The number of ether oxygens (including phenoxy) is 1. The van der Waals surface area contributed by atoms with Crippen molar-refractivity contribution in [1.29, 1.82) is 0 Å². The largest absolute Gasteiger partial charge is 0.465 e. The zero-order chi connectivity index (χ0) is 22.8. The monoisotopic (exact) mass is 442 g/mol. The number of pyridine rings is 1. The number of benzene rings is 1. The standard InChI is InChI=1S/C23H22N8O2/c1-15-4-3-5-18(27-15)21-22(30-11-10-20-25-13-26-31(20)14-30)29-19(28-21)12-24-17-8-6-16(7-9-17)23(32)33-2/h3-11,13,24H,12,14H2,1-2H3,(H,28,29). The Balaban J connectivity index is 1.41. The fraction of sp³-hybridized carbons (Fsp3) is 0.174. The molecule has 0 bridgehead atoms. The lowest BCUT2D eigenvalue weighted by atomic mass is 10.2. The summed E-state index contributed by atoms with van der Waals surface area (Å²) in [6.07, 6.45) is 5.39. The fourth-order valence-electron chi connectivity index (χ4n) is 3.59. The molecule has 0 saturated heterocycles. The predicted octanol–water partition coefficient (Wildman–Crippen LogP) is 3.22. The summed E-state index contributed by atoms with van der Waals surface area (Å²) in [7, 11) is 1.37. The minimum absolute atomic E-state index is 0.363. The third-order valence-electron chi connectivity index (χ3n) is 5.25. The Morgan fingerprint density at radius 1 is 1.18 bits per heavy atom. The van der Waals surface area contributed by atoms with Crippen molar-refractivity contribution >= 4 is 23.6 Å². The van der Waals surface area contributed by atoms with Crippen LogP contribution in [0.15, 0.2) is 55.0 Å². The van der Waals surface area contributed by atoms with Crippen molar-refractivity contribution in [3.05, 3.63) is 77.9 Å². The molecule has 10 heteroatoms. The fourth-order valence-corrected chi connectivity index (χ4v) is 3.59. The minimum atomic E-state index is -0.363. The molecule has 0 radical (unpaired) electrons. The molecule has 0 spiro atoms. The Morgan fingerprint density at radius 3 is 2.82 bits per heavy atom. The average Bonchev–Trinajstić information content (AvgIpc) is 3.49. The van der Waals surface area contributed by atoms with Gasteiger partial charge in [0.05, 0.1) is 24.9 Å². The van der Waals surface area contributed by atoms with Gasteiger partial charge in [-0.25, -0.2) is 19.4 Å². The van der Waals surface area contributed by atoms with Gasteiger partial charge in [0.25, 0.3) is 0 Å². The normalized spacial score (nSPS) is 12.5. The molecule has 2 N–H and O–H groups in total. The summed E-state index contributed by atoms with van der Waals surface area (Å²) in [5.41, 5.74) is 3.92. The second kappa shape index (κ2) is 8.58. The molecule has 166 valence electrons. The highest BCUT2D eigenvalue weighted by Crippen LogP contribution is 2.30. The molecular formula is C23H22N8O2. The van der Waals surface area contributed by atoms with Crippen molar-refractivity contribution in [3.8, 4) is 11.4 Å². The van der Waals surface area contributed by atoms with Gasteiger partial charge in [-0.3, -0.25) is 4.98 Å². The van der Waals surface area contributed by atoms with Gasteiger partial charge in [-0.1, -0.05) is 6.07 Å². The van der Waals surface area contributed by atoms with E-state index in [4.69, 9.17) is 9.72 Å². The molecule has 10 nitrogen and oxygen atoms in total. The van der Waals surface area contributed by atoms with Crippen LogP contribution >= 0.6 is 0 Å². The zero-order valence-corrected chi connectivity index (χ0v) is 18.2. The van der Waals surface area contributed by atoms with Gasteiger partial charge in [0.15, 0.2) is 11.6 Å². The molecule has 0 unspecified atom stereocenters. The minimum Gasteiger partial charge on any atom is -0.465 e. The number of imidazole rings is 1. The van der Waals surface area contributed by atoms with Crippen LogP contribution < -0.4 is 10.2 Å². The number of nitrogens with one attached hydrogen (secondary N) is 2. The molecule has 1 aromatic carbocycles. The number of fused-ring (bicyclic) bond motifs is 1. The van der Waals surface area contributed by atoms with Crippen LogP contribution in [0, 0.1) is 6.92 Å². The number of methoxy groups -OCH3 is 1. The van der Waals surface area contributed by atoms with E-state index in [9.17, 15) is 4.79 Å². The summed E-state index contributed by atoms with van der Waals surface area (Å²) < 4.78 is 6.55. The molecule has 0 amide bonds. The van der Waals surface area contributed by atoms with Gasteiger partial charge in [0, 0.05) is 17.6 Å². The Morgan fingerprint density at radius 2 is 2.03 bits per heavy atom. The van der Waals surface area contributed by atoms with Gasteiger partial charge >= 0.3 is 5.97 Å². The molecule has 0 atom stereocenters. The molecule has 0 saturated carbocycles. The first kappa shape index (κ1) is 20.4. The number of aryl methyl sites for hydroxylation is 1. The summed E-state index contributed by atoms with van der Waals surface area (Å²) in [4.78, 5) is 30.8. The zero-order valence-electron chi connectivity index (χ0n) is 18.2. The van der Waals surface area contributed by atoms with E-state index in [0.29, 0.717) is 18.8 Å². The second-order valence-corrected chi connectivity index (χ2v) is 7.51. The van der Waals surface area contributed by atoms with E-state index >= 15 is 0 Å². The van der Waals surface area contributed by atoms with E-state index in [1.807, 2.05) is 59.1 Å².